The molecule has 0 saturated heterocycles. The monoisotopic (exact) mass is 515 g/mol. The van der Waals surface area contributed by atoms with E-state index in [1.807, 2.05) is 20.8 Å². The molecule has 0 bridgehead atoms. The number of carbonyl (C=O) groups excluding carboxylic acids is 2. The molecule has 0 saturated carbocycles. The van der Waals surface area contributed by atoms with E-state index in [0.717, 1.165) is 5.56 Å². The second-order valence-corrected chi connectivity index (χ2v) is 11.6. The minimum absolute atomic E-state index is 0.235. The number of nitrogens with zero attached hydrogens (tertiary/aromatic N) is 2. The number of rotatable bonds is 12. The molecule has 1 atom stereocenters. The van der Waals surface area contributed by atoms with Gasteiger partial charge < -0.3 is 24.8 Å². The van der Waals surface area contributed by atoms with Gasteiger partial charge in [-0.2, -0.15) is 10.3 Å². The quantitative estimate of drug-likeness (QED) is 0.170. The van der Waals surface area contributed by atoms with Gasteiger partial charge in [0.1, 0.15) is 11.8 Å². The molecule has 0 aliphatic carbocycles. The van der Waals surface area contributed by atoms with Gasteiger partial charge in [0.25, 0.3) is 5.91 Å². The predicted octanol–water partition coefficient (Wildman–Crippen LogP) is 2.47. The number of aliphatic carboxylic acids is 1. The topological polar surface area (TPSA) is 138 Å². The smallest absolute Gasteiger partial charge is 0.341 e. The summed E-state index contributed by atoms with van der Waals surface area (Å²) in [5, 5.41) is 26.9. The summed E-state index contributed by atoms with van der Waals surface area (Å²) in [5.41, 5.74) is 0.994. The predicted molar refractivity (Wildman–Crippen MR) is 138 cm³/mol. The standard InChI is InChI=1S/C25H33N3O7Si/c1-25(2,3)28(35-36(4)5)26-14-17-6-8-19(9-7-17)24(33)27-21(15-29)23(32)18-10-12-20(13-11-18)34-16-22(30)31/h6-14,21,29,36H,15-16H2,1-5H3,(H,27,33)(H,30,31)/b26-14+/t21-/m0/s1. The fourth-order valence-corrected chi connectivity index (χ4v) is 3.67. The number of nitrogens with one attached hydrogen (secondary N) is 1. The number of hydrogen-bond acceptors (Lipinski definition) is 8. The average Bonchev–Trinajstić information content (AvgIpc) is 2.83. The van der Waals surface area contributed by atoms with Gasteiger partial charge in [-0.25, -0.2) is 4.79 Å². The molecule has 1 amide bonds. The van der Waals surface area contributed by atoms with Gasteiger partial charge in [0.05, 0.1) is 18.4 Å². The van der Waals surface area contributed by atoms with Crippen molar-refractivity contribution >= 4 is 32.9 Å². The second-order valence-electron chi connectivity index (χ2n) is 9.24. The zero-order valence-corrected chi connectivity index (χ0v) is 22.2. The first-order chi connectivity index (χ1) is 16.9. The summed E-state index contributed by atoms with van der Waals surface area (Å²) in [7, 11) is -1.35. The van der Waals surface area contributed by atoms with E-state index >= 15 is 0 Å². The van der Waals surface area contributed by atoms with Gasteiger partial charge in [-0.3, -0.25) is 9.59 Å². The molecule has 0 radical (unpaired) electrons. The molecule has 0 fully saturated rings. The highest BCUT2D eigenvalue weighted by Crippen LogP contribution is 2.16. The highest BCUT2D eigenvalue weighted by Gasteiger charge is 2.23. The number of hydrazone groups is 1. The molecule has 0 spiro atoms. The number of hydrogen-bond donors (Lipinski definition) is 3. The lowest BCUT2D eigenvalue weighted by Crippen LogP contribution is -2.43. The SMILES string of the molecule is C[SiH](C)ON(/N=C/c1ccc(C(=O)N[C@@H](CO)C(=O)c2ccc(OCC(=O)O)cc2)cc1)C(C)(C)C. The van der Waals surface area contributed by atoms with Crippen LogP contribution in [0.15, 0.2) is 53.6 Å². The van der Waals surface area contributed by atoms with Crippen molar-refractivity contribution < 1.29 is 33.9 Å². The highest BCUT2D eigenvalue weighted by atomic mass is 28.3. The third kappa shape index (κ3) is 8.91. The third-order valence-electron chi connectivity index (χ3n) is 4.67. The molecular weight excluding hydrogens is 482 g/mol. The van der Waals surface area contributed by atoms with Crippen LogP contribution in [0, 0.1) is 0 Å². The summed E-state index contributed by atoms with van der Waals surface area (Å²) in [6.45, 7) is 9.00. The van der Waals surface area contributed by atoms with E-state index in [1.54, 1.807) is 35.7 Å². The van der Waals surface area contributed by atoms with Crippen molar-refractivity contribution in [1.29, 1.82) is 0 Å². The summed E-state index contributed by atoms with van der Waals surface area (Å²) >= 11 is 0. The number of ketones is 1. The van der Waals surface area contributed by atoms with Crippen molar-refractivity contribution in [2.24, 2.45) is 5.10 Å². The van der Waals surface area contributed by atoms with E-state index < -0.39 is 46.0 Å². The zero-order valence-electron chi connectivity index (χ0n) is 21.1. The number of aliphatic hydroxyl groups is 1. The van der Waals surface area contributed by atoms with Crippen LogP contribution in [0.1, 0.15) is 47.1 Å². The van der Waals surface area contributed by atoms with E-state index in [2.05, 4.69) is 23.5 Å². The lowest BCUT2D eigenvalue weighted by molar-refractivity contribution is -0.139. The van der Waals surface area contributed by atoms with Crippen LogP contribution in [0.3, 0.4) is 0 Å². The van der Waals surface area contributed by atoms with E-state index in [9.17, 15) is 19.5 Å². The molecule has 36 heavy (non-hydrogen) atoms. The van der Waals surface area contributed by atoms with Crippen molar-refractivity contribution in [2.45, 2.75) is 45.4 Å². The molecule has 10 nitrogen and oxygen atoms in total. The number of ether oxygens (including phenoxy) is 1. The first kappa shape index (κ1) is 28.7. The van der Waals surface area contributed by atoms with Crippen molar-refractivity contribution in [3.8, 4) is 5.75 Å². The van der Waals surface area contributed by atoms with Gasteiger partial charge in [0.15, 0.2) is 12.4 Å². The number of hydroxylamine groups is 1. The normalized spacial score (nSPS) is 12.4. The maximum absolute atomic E-state index is 12.7. The molecule has 2 rings (SSSR count). The number of carbonyl (C=O) groups is 3. The van der Waals surface area contributed by atoms with Crippen LogP contribution in [0.25, 0.3) is 0 Å². The molecule has 3 N–H and O–H groups in total. The lowest BCUT2D eigenvalue weighted by atomic mass is 10.0. The Morgan fingerprint density at radius 1 is 1.06 bits per heavy atom. The summed E-state index contributed by atoms with van der Waals surface area (Å²) in [4.78, 5) is 36.0. The van der Waals surface area contributed by atoms with Crippen LogP contribution in [-0.4, -0.2) is 73.1 Å². The van der Waals surface area contributed by atoms with Crippen LogP contribution >= 0.6 is 0 Å². The molecule has 2 aromatic carbocycles. The van der Waals surface area contributed by atoms with Crippen molar-refractivity contribution in [1.82, 2.24) is 10.5 Å². The number of carboxylic acid groups (broad SMARTS) is 1. The average molecular weight is 516 g/mol. The Kier molecular flexibility index (Phi) is 10.3. The van der Waals surface area contributed by atoms with Crippen LogP contribution in [0.5, 0.6) is 5.75 Å². The number of aliphatic hydroxyl groups excluding tert-OH is 1. The van der Waals surface area contributed by atoms with E-state index in [4.69, 9.17) is 14.4 Å². The summed E-state index contributed by atoms with van der Waals surface area (Å²) < 4.78 is 10.9. The van der Waals surface area contributed by atoms with Crippen molar-refractivity contribution in [3.63, 3.8) is 0 Å². The molecule has 194 valence electrons. The first-order valence-corrected chi connectivity index (χ1v) is 14.2. The minimum Gasteiger partial charge on any atom is -0.482 e. The van der Waals surface area contributed by atoms with Crippen LogP contribution in [-0.2, 0) is 9.32 Å². The number of benzene rings is 2. The van der Waals surface area contributed by atoms with Crippen molar-refractivity contribution in [2.75, 3.05) is 13.2 Å². The number of amides is 1. The Bertz CT molecular complexity index is 1060. The highest BCUT2D eigenvalue weighted by molar-refractivity contribution is 6.48. The van der Waals surface area contributed by atoms with Gasteiger partial charge >= 0.3 is 5.97 Å². The van der Waals surface area contributed by atoms with Gasteiger partial charge in [0, 0.05) is 11.1 Å². The molecular formula is C25H33N3O7Si. The van der Waals surface area contributed by atoms with E-state index in [1.165, 1.54) is 24.3 Å². The Balaban J connectivity index is 2.04. The summed E-state index contributed by atoms with van der Waals surface area (Å²) in [6, 6.07) is 11.3. The third-order valence-corrected chi connectivity index (χ3v) is 5.30. The lowest BCUT2D eigenvalue weighted by Gasteiger charge is -2.33. The zero-order chi connectivity index (χ0) is 26.9. The van der Waals surface area contributed by atoms with Crippen LogP contribution in [0.4, 0.5) is 0 Å². The van der Waals surface area contributed by atoms with Gasteiger partial charge in [0.2, 0.25) is 9.04 Å². The molecule has 0 unspecified atom stereocenters. The van der Waals surface area contributed by atoms with E-state index in [-0.39, 0.29) is 16.9 Å². The Morgan fingerprint density at radius 2 is 1.64 bits per heavy atom. The molecule has 0 aliphatic heterocycles. The van der Waals surface area contributed by atoms with E-state index in [0.29, 0.717) is 5.56 Å². The second kappa shape index (κ2) is 13.0. The fraction of sp³-hybridized carbons (Fsp3) is 0.360. The van der Waals surface area contributed by atoms with Crippen LogP contribution < -0.4 is 10.1 Å². The van der Waals surface area contributed by atoms with Crippen molar-refractivity contribution in [3.05, 3.63) is 65.2 Å². The Morgan fingerprint density at radius 3 is 2.14 bits per heavy atom. The largest absolute Gasteiger partial charge is 0.482 e. The Labute approximate surface area is 212 Å². The van der Waals surface area contributed by atoms with Gasteiger partial charge in [-0.05, 0) is 75.8 Å². The molecule has 0 aromatic heterocycles. The molecule has 11 heteroatoms. The van der Waals surface area contributed by atoms with Gasteiger partial charge in [-0.1, -0.05) is 12.1 Å². The molecule has 0 heterocycles. The van der Waals surface area contributed by atoms with Gasteiger partial charge in [-0.15, -0.1) is 0 Å². The first-order valence-electron chi connectivity index (χ1n) is 11.4. The molecule has 2 aromatic rings. The molecule has 0 aliphatic rings. The maximum atomic E-state index is 12.7. The van der Waals surface area contributed by atoms with Crippen LogP contribution in [0.2, 0.25) is 13.1 Å². The summed E-state index contributed by atoms with van der Waals surface area (Å²) in [5.74, 6) is -1.84. The minimum atomic E-state index is -1.35. The number of carboxylic acids is 1. The summed E-state index contributed by atoms with van der Waals surface area (Å²) in [6.07, 6.45) is 1.65. The number of Topliss-reactive ketones (excluding diaryl/α,β-unsaturated/α-hetero) is 1. The fourth-order valence-electron chi connectivity index (χ4n) is 2.90. The maximum Gasteiger partial charge on any atom is 0.341 e. The Hall–Kier alpha value is -3.54.